The molecule has 0 bridgehead atoms. The second-order valence-corrected chi connectivity index (χ2v) is 5.59. The molecule has 1 saturated heterocycles. The number of ether oxygens (including phenoxy) is 1. The minimum Gasteiger partial charge on any atom is -0.450 e. The molecule has 0 spiro atoms. The van der Waals surface area contributed by atoms with E-state index in [1.165, 1.54) is 18.2 Å². The zero-order valence-electron chi connectivity index (χ0n) is 12.8. The highest BCUT2D eigenvalue weighted by Gasteiger charge is 2.24. The number of likely N-dealkylation sites (tertiary alicyclic amines) is 1. The summed E-state index contributed by atoms with van der Waals surface area (Å²) < 4.78 is 18.0. The number of urea groups is 1. The molecule has 0 aliphatic carbocycles. The Hall–Kier alpha value is -2.02. The van der Waals surface area contributed by atoms with E-state index in [2.05, 4.69) is 10.6 Å². The van der Waals surface area contributed by atoms with E-state index in [-0.39, 0.29) is 23.2 Å². The fourth-order valence-electron chi connectivity index (χ4n) is 2.35. The Morgan fingerprint density at radius 2 is 2.09 bits per heavy atom. The van der Waals surface area contributed by atoms with Crippen molar-refractivity contribution in [1.82, 2.24) is 10.2 Å². The van der Waals surface area contributed by atoms with Gasteiger partial charge in [-0.2, -0.15) is 0 Å². The number of hydrogen-bond acceptors (Lipinski definition) is 3. The number of amides is 3. The molecule has 0 atom stereocenters. The van der Waals surface area contributed by atoms with Gasteiger partial charge in [0.1, 0.15) is 5.82 Å². The Morgan fingerprint density at radius 3 is 2.70 bits per heavy atom. The lowest BCUT2D eigenvalue weighted by Gasteiger charge is -2.31. The third kappa shape index (κ3) is 4.99. The van der Waals surface area contributed by atoms with Gasteiger partial charge in [-0.25, -0.2) is 14.0 Å². The molecule has 23 heavy (non-hydrogen) atoms. The lowest BCUT2D eigenvalue weighted by Crippen LogP contribution is -2.47. The predicted molar refractivity (Wildman–Crippen MR) is 85.2 cm³/mol. The lowest BCUT2D eigenvalue weighted by atomic mass is 10.1. The highest BCUT2D eigenvalue weighted by molar-refractivity contribution is 6.31. The summed E-state index contributed by atoms with van der Waals surface area (Å²) in [5.74, 6) is -0.538. The number of carbonyl (C=O) groups is 2. The summed E-state index contributed by atoms with van der Waals surface area (Å²) >= 11 is 5.66. The van der Waals surface area contributed by atoms with Gasteiger partial charge in [-0.3, -0.25) is 0 Å². The molecular formula is C15H19ClFN3O3. The molecule has 6 nitrogen and oxygen atoms in total. The summed E-state index contributed by atoms with van der Waals surface area (Å²) in [4.78, 5) is 25.1. The quantitative estimate of drug-likeness (QED) is 0.885. The van der Waals surface area contributed by atoms with Gasteiger partial charge in [0, 0.05) is 24.8 Å². The number of benzene rings is 1. The summed E-state index contributed by atoms with van der Waals surface area (Å²) in [5.41, 5.74) is 0.415. The molecule has 2 N–H and O–H groups in total. The Kier molecular flexibility index (Phi) is 6.04. The number of hydrogen-bond donors (Lipinski definition) is 2. The number of nitrogens with zero attached hydrogens (tertiary/aromatic N) is 1. The van der Waals surface area contributed by atoms with Crippen LogP contribution in [-0.4, -0.2) is 42.8 Å². The standard InChI is InChI=1S/C15H19ClFN3O3/c1-2-23-15(22)20-7-5-10(6-8-20)18-14(21)19-11-3-4-13(17)12(16)9-11/h3-4,9-10H,2,5-8H2,1H3,(H2,18,19,21). The van der Waals surface area contributed by atoms with Crippen LogP contribution in [-0.2, 0) is 4.74 Å². The zero-order chi connectivity index (χ0) is 16.8. The van der Waals surface area contributed by atoms with Gasteiger partial charge in [-0.05, 0) is 38.0 Å². The van der Waals surface area contributed by atoms with E-state index in [1.807, 2.05) is 0 Å². The maximum Gasteiger partial charge on any atom is 0.409 e. The lowest BCUT2D eigenvalue weighted by molar-refractivity contribution is 0.0959. The number of nitrogens with one attached hydrogen (secondary N) is 2. The average molecular weight is 344 g/mol. The SMILES string of the molecule is CCOC(=O)N1CCC(NC(=O)Nc2ccc(F)c(Cl)c2)CC1. The number of halogens is 2. The second-order valence-electron chi connectivity index (χ2n) is 5.19. The van der Waals surface area contributed by atoms with Crippen LogP contribution in [0.4, 0.5) is 19.7 Å². The van der Waals surface area contributed by atoms with Gasteiger partial charge in [0.15, 0.2) is 0 Å². The van der Waals surface area contributed by atoms with Crippen molar-refractivity contribution in [2.45, 2.75) is 25.8 Å². The largest absolute Gasteiger partial charge is 0.450 e. The first-order chi connectivity index (χ1) is 11.0. The number of anilines is 1. The second kappa shape index (κ2) is 8.01. The predicted octanol–water partition coefficient (Wildman–Crippen LogP) is 3.22. The molecule has 8 heteroatoms. The van der Waals surface area contributed by atoms with Crippen molar-refractivity contribution in [3.63, 3.8) is 0 Å². The molecule has 0 saturated carbocycles. The molecule has 2 rings (SSSR count). The van der Waals surface area contributed by atoms with Crippen molar-refractivity contribution in [3.05, 3.63) is 29.0 Å². The first kappa shape index (κ1) is 17.3. The number of carbonyl (C=O) groups excluding carboxylic acids is 2. The molecule has 0 unspecified atom stereocenters. The molecule has 1 aliphatic heterocycles. The van der Waals surface area contributed by atoms with Crippen molar-refractivity contribution in [3.8, 4) is 0 Å². The smallest absolute Gasteiger partial charge is 0.409 e. The molecular weight excluding hydrogens is 325 g/mol. The van der Waals surface area contributed by atoms with Crippen LogP contribution in [0.2, 0.25) is 5.02 Å². The molecule has 1 aromatic rings. The topological polar surface area (TPSA) is 70.7 Å². The van der Waals surface area contributed by atoms with E-state index in [4.69, 9.17) is 16.3 Å². The molecule has 3 amide bonds. The Labute approximate surface area is 138 Å². The molecule has 1 aliphatic rings. The van der Waals surface area contributed by atoms with Gasteiger partial charge in [0.05, 0.1) is 11.6 Å². The van der Waals surface area contributed by atoms with Crippen LogP contribution in [0.25, 0.3) is 0 Å². The van der Waals surface area contributed by atoms with E-state index in [1.54, 1.807) is 11.8 Å². The van der Waals surface area contributed by atoms with Crippen LogP contribution in [0.3, 0.4) is 0 Å². The number of rotatable bonds is 3. The van der Waals surface area contributed by atoms with Crippen LogP contribution < -0.4 is 10.6 Å². The van der Waals surface area contributed by atoms with Gasteiger partial charge in [-0.1, -0.05) is 11.6 Å². The highest BCUT2D eigenvalue weighted by Crippen LogP contribution is 2.19. The first-order valence-electron chi connectivity index (χ1n) is 7.44. The maximum atomic E-state index is 13.1. The highest BCUT2D eigenvalue weighted by atomic mass is 35.5. The van der Waals surface area contributed by atoms with Crippen molar-refractivity contribution in [2.75, 3.05) is 25.0 Å². The summed E-state index contributed by atoms with van der Waals surface area (Å²) in [7, 11) is 0. The van der Waals surface area contributed by atoms with E-state index >= 15 is 0 Å². The number of piperidine rings is 1. The Bertz CT molecular complexity index is 577. The summed E-state index contributed by atoms with van der Waals surface area (Å²) in [6, 6.07) is 3.55. The van der Waals surface area contributed by atoms with Crippen LogP contribution in [0.15, 0.2) is 18.2 Å². The van der Waals surface area contributed by atoms with Gasteiger partial charge >= 0.3 is 12.1 Å². The van der Waals surface area contributed by atoms with Gasteiger partial charge in [0.25, 0.3) is 0 Å². The van der Waals surface area contributed by atoms with Crippen LogP contribution in [0.5, 0.6) is 0 Å². The van der Waals surface area contributed by atoms with E-state index in [9.17, 15) is 14.0 Å². The third-order valence-electron chi connectivity index (χ3n) is 3.53. The third-order valence-corrected chi connectivity index (χ3v) is 3.82. The maximum absolute atomic E-state index is 13.1. The molecule has 1 heterocycles. The van der Waals surface area contributed by atoms with Gasteiger partial charge < -0.3 is 20.3 Å². The molecule has 1 aromatic carbocycles. The van der Waals surface area contributed by atoms with Gasteiger partial charge in [0.2, 0.25) is 0 Å². The minimum absolute atomic E-state index is 0.0309. The van der Waals surface area contributed by atoms with Crippen molar-refractivity contribution >= 4 is 29.4 Å². The fraction of sp³-hybridized carbons (Fsp3) is 0.467. The van der Waals surface area contributed by atoms with Crippen LogP contribution >= 0.6 is 11.6 Å². The normalized spacial score (nSPS) is 15.2. The van der Waals surface area contributed by atoms with Crippen molar-refractivity contribution in [1.29, 1.82) is 0 Å². The summed E-state index contributed by atoms with van der Waals surface area (Å²) in [5, 5.41) is 5.38. The van der Waals surface area contributed by atoms with Crippen molar-refractivity contribution < 1.29 is 18.7 Å². The first-order valence-corrected chi connectivity index (χ1v) is 7.81. The monoisotopic (exact) mass is 343 g/mol. The van der Waals surface area contributed by atoms with Crippen LogP contribution in [0.1, 0.15) is 19.8 Å². The Morgan fingerprint density at radius 1 is 1.39 bits per heavy atom. The van der Waals surface area contributed by atoms with E-state index in [0.717, 1.165) is 0 Å². The van der Waals surface area contributed by atoms with E-state index in [0.29, 0.717) is 38.2 Å². The fourth-order valence-corrected chi connectivity index (χ4v) is 2.53. The molecule has 126 valence electrons. The van der Waals surface area contributed by atoms with Crippen molar-refractivity contribution in [2.24, 2.45) is 0 Å². The summed E-state index contributed by atoms with van der Waals surface area (Å²) in [6.45, 7) is 3.18. The molecule has 0 aromatic heterocycles. The minimum atomic E-state index is -0.538. The zero-order valence-corrected chi connectivity index (χ0v) is 13.5. The molecule has 0 radical (unpaired) electrons. The van der Waals surface area contributed by atoms with E-state index < -0.39 is 5.82 Å². The van der Waals surface area contributed by atoms with Crippen LogP contribution in [0, 0.1) is 5.82 Å². The van der Waals surface area contributed by atoms with Gasteiger partial charge in [-0.15, -0.1) is 0 Å². The Balaban J connectivity index is 1.78. The summed E-state index contributed by atoms with van der Waals surface area (Å²) in [6.07, 6.45) is 0.976. The molecule has 1 fully saturated rings. The average Bonchev–Trinajstić information content (AvgIpc) is 2.52.